The topological polar surface area (TPSA) is 50.3 Å². The van der Waals surface area contributed by atoms with Crippen molar-refractivity contribution in [2.24, 2.45) is 0 Å². The number of ether oxygens (including phenoxy) is 1. The van der Waals surface area contributed by atoms with Gasteiger partial charge in [-0.25, -0.2) is 9.97 Å². The second kappa shape index (κ2) is 5.63. The Morgan fingerprint density at radius 3 is 3.24 bits per heavy atom. The SMILES string of the molecule is CCc1nc(C2CN3CCCC3CO2)nc2c1CNCC2. The Morgan fingerprint density at radius 2 is 2.33 bits per heavy atom. The van der Waals surface area contributed by atoms with Crippen LogP contribution in [-0.2, 0) is 24.1 Å². The zero-order chi connectivity index (χ0) is 14.2. The Hall–Kier alpha value is -1.04. The number of aromatic nitrogens is 2. The number of hydrogen-bond donors (Lipinski definition) is 1. The highest BCUT2D eigenvalue weighted by atomic mass is 16.5. The van der Waals surface area contributed by atoms with Crippen molar-refractivity contribution in [3.05, 3.63) is 22.8 Å². The molecule has 0 bridgehead atoms. The lowest BCUT2D eigenvalue weighted by Gasteiger charge is -2.35. The Bertz CT molecular complexity index is 516. The number of nitrogens with zero attached hydrogens (tertiary/aromatic N) is 3. The third kappa shape index (κ3) is 2.47. The molecule has 114 valence electrons. The van der Waals surface area contributed by atoms with Gasteiger partial charge in [0.15, 0.2) is 5.82 Å². The zero-order valence-corrected chi connectivity index (χ0v) is 12.8. The molecule has 0 aliphatic carbocycles. The third-order valence-corrected chi connectivity index (χ3v) is 5.05. The van der Waals surface area contributed by atoms with Crippen molar-refractivity contribution in [1.82, 2.24) is 20.2 Å². The summed E-state index contributed by atoms with van der Waals surface area (Å²) in [6.45, 7) is 7.13. The first-order valence-electron chi connectivity index (χ1n) is 8.30. The predicted molar refractivity (Wildman–Crippen MR) is 80.1 cm³/mol. The maximum absolute atomic E-state index is 6.09. The molecule has 0 radical (unpaired) electrons. The molecule has 4 rings (SSSR count). The second-order valence-electron chi connectivity index (χ2n) is 6.35. The van der Waals surface area contributed by atoms with Crippen molar-refractivity contribution in [2.75, 3.05) is 26.2 Å². The number of morpholine rings is 1. The van der Waals surface area contributed by atoms with Crippen molar-refractivity contribution in [3.63, 3.8) is 0 Å². The molecule has 2 atom stereocenters. The minimum Gasteiger partial charge on any atom is -0.367 e. The lowest BCUT2D eigenvalue weighted by molar-refractivity contribution is -0.0543. The van der Waals surface area contributed by atoms with Crippen LogP contribution in [0.1, 0.15) is 48.6 Å². The van der Waals surface area contributed by atoms with Crippen molar-refractivity contribution in [1.29, 1.82) is 0 Å². The maximum atomic E-state index is 6.09. The average molecular weight is 288 g/mol. The van der Waals surface area contributed by atoms with Gasteiger partial charge >= 0.3 is 0 Å². The Kier molecular flexibility index (Phi) is 3.65. The van der Waals surface area contributed by atoms with Gasteiger partial charge in [-0.05, 0) is 25.8 Å². The molecular weight excluding hydrogens is 264 g/mol. The monoisotopic (exact) mass is 288 g/mol. The van der Waals surface area contributed by atoms with Gasteiger partial charge in [-0.2, -0.15) is 0 Å². The number of nitrogens with one attached hydrogen (secondary N) is 1. The molecule has 0 spiro atoms. The molecule has 0 amide bonds. The highest BCUT2D eigenvalue weighted by Crippen LogP contribution is 2.29. The van der Waals surface area contributed by atoms with E-state index in [9.17, 15) is 0 Å². The van der Waals surface area contributed by atoms with Gasteiger partial charge < -0.3 is 10.1 Å². The van der Waals surface area contributed by atoms with Crippen LogP contribution >= 0.6 is 0 Å². The Labute approximate surface area is 126 Å². The lowest BCUT2D eigenvalue weighted by atomic mass is 10.0. The normalized spacial score (nSPS) is 29.2. The summed E-state index contributed by atoms with van der Waals surface area (Å²) in [5.41, 5.74) is 3.76. The minimum absolute atomic E-state index is 0.0600. The summed E-state index contributed by atoms with van der Waals surface area (Å²) in [6.07, 6.45) is 4.63. The number of hydrogen-bond acceptors (Lipinski definition) is 5. The van der Waals surface area contributed by atoms with Crippen molar-refractivity contribution in [3.8, 4) is 0 Å². The van der Waals surface area contributed by atoms with E-state index in [2.05, 4.69) is 17.1 Å². The first-order valence-corrected chi connectivity index (χ1v) is 8.30. The van der Waals surface area contributed by atoms with Crippen LogP contribution in [0.4, 0.5) is 0 Å². The molecule has 5 heteroatoms. The van der Waals surface area contributed by atoms with Gasteiger partial charge in [0.25, 0.3) is 0 Å². The molecule has 0 saturated carbocycles. The molecular formula is C16H24N4O. The van der Waals surface area contributed by atoms with Crippen LogP contribution in [0.2, 0.25) is 0 Å². The van der Waals surface area contributed by atoms with Gasteiger partial charge in [-0.3, -0.25) is 4.90 Å². The van der Waals surface area contributed by atoms with Crippen molar-refractivity contribution >= 4 is 0 Å². The van der Waals surface area contributed by atoms with Crippen molar-refractivity contribution in [2.45, 2.75) is 51.3 Å². The van der Waals surface area contributed by atoms with Crippen LogP contribution in [-0.4, -0.2) is 47.2 Å². The van der Waals surface area contributed by atoms with E-state index in [0.717, 1.165) is 44.9 Å². The summed E-state index contributed by atoms with van der Waals surface area (Å²) in [5, 5.41) is 3.43. The van der Waals surface area contributed by atoms with Gasteiger partial charge in [-0.1, -0.05) is 6.92 Å². The number of rotatable bonds is 2. The smallest absolute Gasteiger partial charge is 0.158 e. The van der Waals surface area contributed by atoms with Crippen LogP contribution in [0, 0.1) is 0 Å². The summed E-state index contributed by atoms with van der Waals surface area (Å²) in [6, 6.07) is 0.633. The largest absolute Gasteiger partial charge is 0.367 e. The van der Waals surface area contributed by atoms with E-state index in [1.807, 2.05) is 0 Å². The lowest BCUT2D eigenvalue weighted by Crippen LogP contribution is -2.43. The minimum atomic E-state index is 0.0600. The van der Waals surface area contributed by atoms with E-state index < -0.39 is 0 Å². The molecule has 5 nitrogen and oxygen atoms in total. The maximum Gasteiger partial charge on any atom is 0.158 e. The first-order chi connectivity index (χ1) is 10.3. The second-order valence-corrected chi connectivity index (χ2v) is 6.35. The van der Waals surface area contributed by atoms with Crippen LogP contribution in [0.25, 0.3) is 0 Å². The van der Waals surface area contributed by atoms with E-state index in [1.54, 1.807) is 0 Å². The summed E-state index contributed by atoms with van der Waals surface area (Å²) >= 11 is 0. The van der Waals surface area contributed by atoms with Gasteiger partial charge in [0.1, 0.15) is 6.10 Å². The van der Waals surface area contributed by atoms with Crippen LogP contribution < -0.4 is 5.32 Å². The van der Waals surface area contributed by atoms with E-state index in [0.29, 0.717) is 6.04 Å². The van der Waals surface area contributed by atoms with Crippen LogP contribution in [0.5, 0.6) is 0 Å². The fourth-order valence-corrected chi connectivity index (χ4v) is 3.84. The van der Waals surface area contributed by atoms with Crippen LogP contribution in [0.3, 0.4) is 0 Å². The zero-order valence-electron chi connectivity index (χ0n) is 12.8. The van der Waals surface area contributed by atoms with E-state index in [1.165, 1.54) is 36.3 Å². The summed E-state index contributed by atoms with van der Waals surface area (Å²) < 4.78 is 6.09. The molecule has 21 heavy (non-hydrogen) atoms. The quantitative estimate of drug-likeness (QED) is 0.887. The molecule has 2 unspecified atom stereocenters. The van der Waals surface area contributed by atoms with Gasteiger partial charge in [0, 0.05) is 43.4 Å². The van der Waals surface area contributed by atoms with Gasteiger partial charge in [0.2, 0.25) is 0 Å². The molecule has 3 aliphatic heterocycles. The van der Waals surface area contributed by atoms with E-state index in [-0.39, 0.29) is 6.10 Å². The molecule has 1 N–H and O–H groups in total. The van der Waals surface area contributed by atoms with Gasteiger partial charge in [-0.15, -0.1) is 0 Å². The summed E-state index contributed by atoms with van der Waals surface area (Å²) in [5.74, 6) is 0.915. The highest BCUT2D eigenvalue weighted by Gasteiger charge is 2.34. The third-order valence-electron chi connectivity index (χ3n) is 5.05. The number of fused-ring (bicyclic) bond motifs is 2. The molecule has 1 aromatic rings. The van der Waals surface area contributed by atoms with Crippen molar-refractivity contribution < 1.29 is 4.74 Å². The molecule has 2 fully saturated rings. The standard InChI is InChI=1S/C16H24N4O/c1-2-13-12-8-17-6-5-14(12)19-16(18-13)15-9-20-7-3-4-11(20)10-21-15/h11,15,17H,2-10H2,1H3. The number of aryl methyl sites for hydroxylation is 1. The molecule has 2 saturated heterocycles. The molecule has 3 aliphatic rings. The summed E-state index contributed by atoms with van der Waals surface area (Å²) in [7, 11) is 0. The Balaban J connectivity index is 1.62. The molecule has 4 heterocycles. The van der Waals surface area contributed by atoms with E-state index in [4.69, 9.17) is 14.7 Å². The fourth-order valence-electron chi connectivity index (χ4n) is 3.84. The van der Waals surface area contributed by atoms with E-state index >= 15 is 0 Å². The molecule has 1 aromatic heterocycles. The predicted octanol–water partition coefficient (Wildman–Crippen LogP) is 1.22. The average Bonchev–Trinajstić information content (AvgIpc) is 3.01. The first kappa shape index (κ1) is 13.6. The summed E-state index contributed by atoms with van der Waals surface area (Å²) in [4.78, 5) is 12.3. The van der Waals surface area contributed by atoms with Gasteiger partial charge in [0.05, 0.1) is 12.3 Å². The highest BCUT2D eigenvalue weighted by molar-refractivity contribution is 5.29. The molecule has 0 aromatic carbocycles. The Morgan fingerprint density at radius 1 is 1.38 bits per heavy atom. The fraction of sp³-hybridized carbons (Fsp3) is 0.750. The van der Waals surface area contributed by atoms with Crippen LogP contribution in [0.15, 0.2) is 0 Å².